The highest BCUT2D eigenvalue weighted by Gasteiger charge is 2.38. The van der Waals surface area contributed by atoms with E-state index >= 15 is 0 Å². The highest BCUT2D eigenvalue weighted by Crippen LogP contribution is 2.24. The normalized spacial score (nSPS) is 18.8. The minimum absolute atomic E-state index is 0.116. The summed E-state index contributed by atoms with van der Waals surface area (Å²) in [5.74, 6) is -1.95. The second kappa shape index (κ2) is 6.57. The largest absolute Gasteiger partial charge is 0.472 e. The van der Waals surface area contributed by atoms with Gasteiger partial charge >= 0.3 is 5.97 Å². The van der Waals surface area contributed by atoms with Crippen molar-refractivity contribution in [3.8, 4) is 5.88 Å². The lowest BCUT2D eigenvalue weighted by molar-refractivity contribution is -0.0584. The molecule has 2 aliphatic heterocycles. The molecule has 0 saturated carbocycles. The number of pyridine rings is 1. The molecule has 3 heterocycles. The van der Waals surface area contributed by atoms with Crippen molar-refractivity contribution < 1.29 is 28.7 Å². The van der Waals surface area contributed by atoms with Gasteiger partial charge in [0.1, 0.15) is 6.10 Å². The monoisotopic (exact) mass is 354 g/mol. The van der Waals surface area contributed by atoms with Gasteiger partial charge in [0.25, 0.3) is 11.8 Å². The third kappa shape index (κ3) is 2.91. The lowest BCUT2D eigenvalue weighted by atomic mass is 10.1. The lowest BCUT2D eigenvalue weighted by Gasteiger charge is -2.14. The molecule has 2 aromatic rings. The Morgan fingerprint density at radius 3 is 2.54 bits per heavy atom. The van der Waals surface area contributed by atoms with Gasteiger partial charge in [-0.2, -0.15) is 0 Å². The molecule has 8 nitrogen and oxygen atoms in total. The Kier molecular flexibility index (Phi) is 4.10. The Bertz CT molecular complexity index is 856. The van der Waals surface area contributed by atoms with Crippen molar-refractivity contribution >= 4 is 17.8 Å². The highest BCUT2D eigenvalue weighted by molar-refractivity contribution is 6.21. The van der Waals surface area contributed by atoms with Crippen LogP contribution in [0.4, 0.5) is 0 Å². The van der Waals surface area contributed by atoms with E-state index in [0.717, 1.165) is 6.42 Å². The van der Waals surface area contributed by atoms with Crippen molar-refractivity contribution in [3.05, 3.63) is 59.3 Å². The zero-order valence-electron chi connectivity index (χ0n) is 13.6. The van der Waals surface area contributed by atoms with E-state index in [4.69, 9.17) is 14.3 Å². The van der Waals surface area contributed by atoms with Crippen LogP contribution in [0.25, 0.3) is 0 Å². The Hall–Kier alpha value is -3.26. The first-order valence-corrected chi connectivity index (χ1v) is 8.04. The zero-order chi connectivity index (χ0) is 18.1. The van der Waals surface area contributed by atoms with Crippen molar-refractivity contribution in [1.29, 1.82) is 0 Å². The van der Waals surface area contributed by atoms with E-state index in [0.29, 0.717) is 18.3 Å². The molecule has 0 radical (unpaired) electrons. The first-order chi connectivity index (χ1) is 12.6. The molecule has 132 valence electrons. The smallest absolute Gasteiger partial charge is 0.364 e. The number of hydrogen-bond acceptors (Lipinski definition) is 7. The number of carbonyl (C=O) groups is 3. The Balaban J connectivity index is 1.49. The number of carbonyl (C=O) groups excluding carboxylic acids is 3. The molecule has 2 amide bonds. The molecule has 0 bridgehead atoms. The summed E-state index contributed by atoms with van der Waals surface area (Å²) in [7, 11) is 0. The van der Waals surface area contributed by atoms with Crippen molar-refractivity contribution in [2.45, 2.75) is 12.5 Å². The molecule has 1 fully saturated rings. The van der Waals surface area contributed by atoms with E-state index in [9.17, 15) is 14.4 Å². The fourth-order valence-corrected chi connectivity index (χ4v) is 2.76. The predicted octanol–water partition coefficient (Wildman–Crippen LogP) is 1.62. The standard InChI is InChI=1S/C18H14N2O6/c21-16-13-3-1-2-4-14(13)17(22)20(16)26-18(23)11-5-7-19-15(9-11)25-12-6-8-24-10-12/h1-5,7,9,12H,6,8,10H2. The fraction of sp³-hybridized carbons (Fsp3) is 0.222. The summed E-state index contributed by atoms with van der Waals surface area (Å²) in [5.41, 5.74) is 0.515. The number of hydroxylamine groups is 2. The predicted molar refractivity (Wildman–Crippen MR) is 86.4 cm³/mol. The van der Waals surface area contributed by atoms with Crippen LogP contribution in [-0.2, 0) is 9.57 Å². The van der Waals surface area contributed by atoms with E-state index in [1.807, 2.05) is 0 Å². The fourth-order valence-electron chi connectivity index (χ4n) is 2.76. The molecular formula is C18H14N2O6. The number of imide groups is 1. The van der Waals surface area contributed by atoms with Crippen LogP contribution in [0.1, 0.15) is 37.5 Å². The molecular weight excluding hydrogens is 340 g/mol. The van der Waals surface area contributed by atoms with Crippen LogP contribution in [0.15, 0.2) is 42.6 Å². The number of hydrogen-bond donors (Lipinski definition) is 0. The quantitative estimate of drug-likeness (QED) is 0.770. The molecule has 0 N–H and O–H groups in total. The van der Waals surface area contributed by atoms with Crippen molar-refractivity contribution in [3.63, 3.8) is 0 Å². The summed E-state index contributed by atoms with van der Waals surface area (Å²) in [5, 5.41) is 0.471. The number of rotatable bonds is 4. The number of amides is 2. The molecule has 26 heavy (non-hydrogen) atoms. The topological polar surface area (TPSA) is 95.0 Å². The van der Waals surface area contributed by atoms with Crippen LogP contribution < -0.4 is 4.74 Å². The van der Waals surface area contributed by atoms with Crippen molar-refractivity contribution in [1.82, 2.24) is 10.0 Å². The number of benzene rings is 1. The Morgan fingerprint density at radius 1 is 1.15 bits per heavy atom. The first kappa shape index (κ1) is 16.2. The van der Waals surface area contributed by atoms with Gasteiger partial charge in [-0.15, -0.1) is 0 Å². The SMILES string of the molecule is O=C(ON1C(=O)c2ccccc2C1=O)c1ccnc(OC2CCOC2)c1. The summed E-state index contributed by atoms with van der Waals surface area (Å²) >= 11 is 0. The van der Waals surface area contributed by atoms with Gasteiger partial charge in [-0.25, -0.2) is 9.78 Å². The van der Waals surface area contributed by atoms with E-state index in [1.54, 1.807) is 12.1 Å². The number of nitrogens with zero attached hydrogens (tertiary/aromatic N) is 2. The van der Waals surface area contributed by atoms with Crippen molar-refractivity contribution in [2.75, 3.05) is 13.2 Å². The van der Waals surface area contributed by atoms with Crippen LogP contribution in [0.3, 0.4) is 0 Å². The second-order valence-corrected chi connectivity index (χ2v) is 5.82. The maximum absolute atomic E-state index is 12.4. The van der Waals surface area contributed by atoms with E-state index in [1.165, 1.54) is 30.5 Å². The lowest BCUT2D eigenvalue weighted by Crippen LogP contribution is -2.32. The van der Waals surface area contributed by atoms with Gasteiger partial charge in [0.05, 0.1) is 29.9 Å². The van der Waals surface area contributed by atoms with Gasteiger partial charge in [-0.3, -0.25) is 9.59 Å². The molecule has 8 heteroatoms. The Morgan fingerprint density at radius 2 is 1.88 bits per heavy atom. The molecule has 1 atom stereocenters. The molecule has 0 aliphatic carbocycles. The van der Waals surface area contributed by atoms with Crippen LogP contribution in [0.2, 0.25) is 0 Å². The van der Waals surface area contributed by atoms with Gasteiger partial charge in [0.2, 0.25) is 5.88 Å². The summed E-state index contributed by atoms with van der Waals surface area (Å²) < 4.78 is 10.9. The molecule has 1 aromatic heterocycles. The van der Waals surface area contributed by atoms with E-state index in [2.05, 4.69) is 4.98 Å². The summed E-state index contributed by atoms with van der Waals surface area (Å²) in [6.07, 6.45) is 2.01. The van der Waals surface area contributed by atoms with Crippen LogP contribution >= 0.6 is 0 Å². The minimum atomic E-state index is -0.852. The molecule has 4 rings (SSSR count). The van der Waals surface area contributed by atoms with E-state index in [-0.39, 0.29) is 28.7 Å². The second-order valence-electron chi connectivity index (χ2n) is 5.82. The average Bonchev–Trinajstić information content (AvgIpc) is 3.25. The summed E-state index contributed by atoms with van der Waals surface area (Å²) in [6, 6.07) is 9.09. The Labute approximate surface area is 148 Å². The number of aromatic nitrogens is 1. The third-order valence-corrected chi connectivity index (χ3v) is 4.08. The summed E-state index contributed by atoms with van der Waals surface area (Å²) in [6.45, 7) is 1.08. The van der Waals surface area contributed by atoms with Crippen LogP contribution in [0.5, 0.6) is 5.88 Å². The molecule has 1 aromatic carbocycles. The van der Waals surface area contributed by atoms with Crippen molar-refractivity contribution in [2.24, 2.45) is 0 Å². The van der Waals surface area contributed by atoms with Gasteiger partial charge in [-0.1, -0.05) is 17.2 Å². The van der Waals surface area contributed by atoms with E-state index < -0.39 is 17.8 Å². The molecule has 0 spiro atoms. The van der Waals surface area contributed by atoms with Crippen LogP contribution in [0, 0.1) is 0 Å². The maximum atomic E-state index is 12.4. The van der Waals surface area contributed by atoms with Crippen LogP contribution in [-0.4, -0.2) is 47.1 Å². The number of ether oxygens (including phenoxy) is 2. The third-order valence-electron chi connectivity index (χ3n) is 4.08. The summed E-state index contributed by atoms with van der Waals surface area (Å²) in [4.78, 5) is 45.9. The molecule has 1 unspecified atom stereocenters. The molecule has 1 saturated heterocycles. The zero-order valence-corrected chi connectivity index (χ0v) is 13.6. The minimum Gasteiger partial charge on any atom is -0.472 e. The average molecular weight is 354 g/mol. The first-order valence-electron chi connectivity index (χ1n) is 8.04. The molecule has 2 aliphatic rings. The maximum Gasteiger partial charge on any atom is 0.364 e. The van der Waals surface area contributed by atoms with Gasteiger partial charge < -0.3 is 14.3 Å². The van der Waals surface area contributed by atoms with Gasteiger partial charge in [-0.05, 0) is 18.2 Å². The van der Waals surface area contributed by atoms with Gasteiger partial charge in [0, 0.05) is 18.7 Å². The highest BCUT2D eigenvalue weighted by atomic mass is 16.7. The number of fused-ring (bicyclic) bond motifs is 1. The van der Waals surface area contributed by atoms with Gasteiger partial charge in [0.15, 0.2) is 0 Å².